The van der Waals surface area contributed by atoms with Gasteiger partial charge in [0, 0.05) is 12.7 Å². The van der Waals surface area contributed by atoms with Crippen molar-refractivity contribution in [1.82, 2.24) is 20.1 Å². The number of nitrogens with zero attached hydrogens (tertiary/aromatic N) is 3. The molecule has 0 atom stereocenters. The van der Waals surface area contributed by atoms with Crippen molar-refractivity contribution in [3.63, 3.8) is 0 Å². The summed E-state index contributed by atoms with van der Waals surface area (Å²) in [5.74, 6) is -0.438. The number of carbonyl (C=O) groups excluding carboxylic acids is 1. The highest BCUT2D eigenvalue weighted by atomic mass is 32.1. The summed E-state index contributed by atoms with van der Waals surface area (Å²) >= 11 is 5.09. The van der Waals surface area contributed by atoms with Crippen molar-refractivity contribution in [2.45, 2.75) is 12.8 Å². The van der Waals surface area contributed by atoms with E-state index in [-0.39, 0.29) is 23.1 Å². The van der Waals surface area contributed by atoms with E-state index >= 15 is 0 Å². The van der Waals surface area contributed by atoms with Crippen LogP contribution in [0.2, 0.25) is 0 Å². The van der Waals surface area contributed by atoms with Crippen molar-refractivity contribution >= 4 is 23.9 Å². The second-order valence-electron chi connectivity index (χ2n) is 5.98. The van der Waals surface area contributed by atoms with Crippen molar-refractivity contribution in [2.24, 2.45) is 0 Å². The number of benzene rings is 1. The monoisotopic (exact) mass is 396 g/mol. The van der Waals surface area contributed by atoms with Crippen molar-refractivity contribution < 1.29 is 9.18 Å². The molecule has 0 saturated heterocycles. The number of amides is 1. The molecule has 0 saturated carbocycles. The highest BCUT2D eigenvalue weighted by molar-refractivity contribution is 7.71. The Hall–Kier alpha value is -3.51. The van der Waals surface area contributed by atoms with Crippen LogP contribution in [0.1, 0.15) is 28.0 Å². The van der Waals surface area contributed by atoms with E-state index < -0.39 is 0 Å². The molecule has 0 aliphatic heterocycles. The lowest BCUT2D eigenvalue weighted by Gasteiger charge is -2.04. The largest absolute Gasteiger partial charge is 0.382 e. The Kier molecular flexibility index (Phi) is 5.81. The van der Waals surface area contributed by atoms with Gasteiger partial charge in [0.1, 0.15) is 27.9 Å². The molecule has 0 radical (unpaired) electrons. The maximum atomic E-state index is 13.1. The Bertz CT molecular complexity index is 1100. The molecule has 28 heavy (non-hydrogen) atoms. The first-order valence-electron chi connectivity index (χ1n) is 8.50. The molecular formula is C19H17FN6OS. The number of anilines is 1. The standard InChI is InChI=1S/C19H17FN6OS/c20-12-5-7-13(8-6-12)26-17(22)15(11-21)16(25-26)4-2-9-23-18(27)14-3-1-10-24-19(14)28/h1,3,5-8,10H,2,4,9,22H2,(H,23,27)(H,24,28). The Morgan fingerprint density at radius 3 is 2.79 bits per heavy atom. The number of halogens is 1. The zero-order valence-electron chi connectivity index (χ0n) is 14.8. The molecular weight excluding hydrogens is 379 g/mol. The van der Waals surface area contributed by atoms with Gasteiger partial charge in [0.15, 0.2) is 0 Å². The molecule has 0 aliphatic rings. The molecule has 0 spiro atoms. The van der Waals surface area contributed by atoms with Crippen molar-refractivity contribution in [1.29, 1.82) is 5.26 Å². The predicted molar refractivity (Wildman–Crippen MR) is 105 cm³/mol. The van der Waals surface area contributed by atoms with Gasteiger partial charge in [-0.25, -0.2) is 9.07 Å². The number of carbonyl (C=O) groups is 1. The van der Waals surface area contributed by atoms with E-state index in [2.05, 4.69) is 21.5 Å². The third-order valence-corrected chi connectivity index (χ3v) is 4.45. The van der Waals surface area contributed by atoms with E-state index in [1.54, 1.807) is 18.3 Å². The van der Waals surface area contributed by atoms with Gasteiger partial charge in [-0.1, -0.05) is 12.2 Å². The SMILES string of the molecule is N#Cc1c(CCCNC(=O)c2ccc[nH]c2=S)nn(-c2ccc(F)cc2)c1N. The van der Waals surface area contributed by atoms with Crippen LogP contribution in [-0.2, 0) is 6.42 Å². The van der Waals surface area contributed by atoms with Gasteiger partial charge in [0.25, 0.3) is 5.91 Å². The summed E-state index contributed by atoms with van der Waals surface area (Å²) in [4.78, 5) is 15.0. The Morgan fingerprint density at radius 2 is 2.11 bits per heavy atom. The summed E-state index contributed by atoms with van der Waals surface area (Å²) in [6, 6.07) is 11.1. The highest BCUT2D eigenvalue weighted by Crippen LogP contribution is 2.21. The van der Waals surface area contributed by atoms with Gasteiger partial charge in [-0.05, 0) is 49.2 Å². The van der Waals surface area contributed by atoms with Crippen LogP contribution in [0.15, 0.2) is 42.6 Å². The van der Waals surface area contributed by atoms with Crippen LogP contribution >= 0.6 is 12.2 Å². The third kappa shape index (κ3) is 4.07. The number of pyridine rings is 1. The van der Waals surface area contributed by atoms with Crippen LogP contribution in [0.25, 0.3) is 5.69 Å². The summed E-state index contributed by atoms with van der Waals surface area (Å²) in [5.41, 5.74) is 7.80. The fourth-order valence-corrected chi connectivity index (χ4v) is 2.94. The first-order valence-corrected chi connectivity index (χ1v) is 8.91. The van der Waals surface area contributed by atoms with Gasteiger partial charge in [-0.2, -0.15) is 10.4 Å². The quantitative estimate of drug-likeness (QED) is 0.438. The van der Waals surface area contributed by atoms with Crippen LogP contribution in [0.3, 0.4) is 0 Å². The first-order chi connectivity index (χ1) is 13.5. The minimum atomic E-state index is -0.371. The zero-order chi connectivity index (χ0) is 20.1. The summed E-state index contributed by atoms with van der Waals surface area (Å²) in [6.07, 6.45) is 2.66. The van der Waals surface area contributed by atoms with Gasteiger partial charge in [-0.15, -0.1) is 0 Å². The molecule has 3 aromatic rings. The van der Waals surface area contributed by atoms with E-state index in [4.69, 9.17) is 18.0 Å². The van der Waals surface area contributed by atoms with Gasteiger partial charge in [0.2, 0.25) is 0 Å². The minimum Gasteiger partial charge on any atom is -0.382 e. The van der Waals surface area contributed by atoms with Crippen LogP contribution in [-0.4, -0.2) is 27.2 Å². The van der Waals surface area contributed by atoms with Crippen LogP contribution in [0.5, 0.6) is 0 Å². The number of nitrogen functional groups attached to an aromatic ring is 1. The number of H-pyrrole nitrogens is 1. The fourth-order valence-electron chi connectivity index (χ4n) is 2.71. The smallest absolute Gasteiger partial charge is 0.254 e. The Balaban J connectivity index is 1.66. The second-order valence-corrected chi connectivity index (χ2v) is 6.39. The Morgan fingerprint density at radius 1 is 1.36 bits per heavy atom. The number of hydrogen-bond acceptors (Lipinski definition) is 5. The molecule has 1 amide bonds. The van der Waals surface area contributed by atoms with Crippen LogP contribution < -0.4 is 11.1 Å². The molecule has 0 aliphatic carbocycles. The van der Waals surface area contributed by atoms with E-state index in [0.29, 0.717) is 41.0 Å². The normalized spacial score (nSPS) is 10.4. The lowest BCUT2D eigenvalue weighted by molar-refractivity contribution is 0.0952. The molecule has 2 heterocycles. The summed E-state index contributed by atoms with van der Waals surface area (Å²) in [5, 5.41) is 16.6. The summed E-state index contributed by atoms with van der Waals surface area (Å²) in [7, 11) is 0. The van der Waals surface area contributed by atoms with Gasteiger partial charge in [0.05, 0.1) is 16.9 Å². The van der Waals surface area contributed by atoms with Gasteiger partial charge < -0.3 is 16.0 Å². The molecule has 7 nitrogen and oxygen atoms in total. The van der Waals surface area contributed by atoms with Crippen molar-refractivity contribution in [3.05, 3.63) is 69.9 Å². The molecule has 2 aromatic heterocycles. The third-order valence-electron chi connectivity index (χ3n) is 4.12. The molecule has 142 valence electrons. The number of rotatable bonds is 6. The number of aromatic nitrogens is 3. The molecule has 0 fully saturated rings. The molecule has 0 bridgehead atoms. The molecule has 3 rings (SSSR count). The number of nitriles is 1. The average Bonchev–Trinajstić information content (AvgIpc) is 3.01. The summed E-state index contributed by atoms with van der Waals surface area (Å²) in [6.45, 7) is 0.386. The van der Waals surface area contributed by atoms with E-state index in [0.717, 1.165) is 0 Å². The number of aromatic amines is 1. The Labute approximate surface area is 165 Å². The highest BCUT2D eigenvalue weighted by Gasteiger charge is 2.16. The maximum absolute atomic E-state index is 13.1. The fraction of sp³-hybridized carbons (Fsp3) is 0.158. The van der Waals surface area contributed by atoms with E-state index in [9.17, 15) is 14.4 Å². The number of nitrogens with one attached hydrogen (secondary N) is 2. The zero-order valence-corrected chi connectivity index (χ0v) is 15.6. The average molecular weight is 396 g/mol. The van der Waals surface area contributed by atoms with E-state index in [1.165, 1.54) is 28.9 Å². The van der Waals surface area contributed by atoms with Gasteiger partial charge >= 0.3 is 0 Å². The molecule has 0 unspecified atom stereocenters. The molecule has 4 N–H and O–H groups in total. The lowest BCUT2D eigenvalue weighted by Crippen LogP contribution is -2.25. The summed E-state index contributed by atoms with van der Waals surface area (Å²) < 4.78 is 14.9. The topological polar surface area (TPSA) is 113 Å². The minimum absolute atomic E-state index is 0.198. The number of nitrogens with two attached hydrogens (primary N) is 1. The van der Waals surface area contributed by atoms with E-state index in [1.807, 2.05) is 0 Å². The van der Waals surface area contributed by atoms with Crippen LogP contribution in [0, 0.1) is 21.8 Å². The van der Waals surface area contributed by atoms with Crippen LogP contribution in [0.4, 0.5) is 10.2 Å². The number of aryl methyl sites for hydroxylation is 1. The lowest BCUT2D eigenvalue weighted by atomic mass is 10.1. The van der Waals surface area contributed by atoms with Crippen molar-refractivity contribution in [2.75, 3.05) is 12.3 Å². The maximum Gasteiger partial charge on any atom is 0.254 e. The molecule has 1 aromatic carbocycles. The van der Waals surface area contributed by atoms with Gasteiger partial charge in [-0.3, -0.25) is 4.79 Å². The predicted octanol–water partition coefficient (Wildman–Crippen LogP) is 2.89. The number of hydrogen-bond donors (Lipinski definition) is 3. The first kappa shape index (κ1) is 19.3. The second kappa shape index (κ2) is 8.45. The van der Waals surface area contributed by atoms with Crippen molar-refractivity contribution in [3.8, 4) is 11.8 Å². The molecule has 9 heteroatoms.